The summed E-state index contributed by atoms with van der Waals surface area (Å²) in [5.41, 5.74) is -0.743. The number of nitrogens with zero attached hydrogens (tertiary/aromatic N) is 1. The third-order valence-electron chi connectivity index (χ3n) is 2.00. The van der Waals surface area contributed by atoms with Crippen LogP contribution in [0.4, 0.5) is 16.2 Å². The molecule has 0 saturated carbocycles. The molecule has 1 rings (SSSR count). The summed E-state index contributed by atoms with van der Waals surface area (Å²) in [6, 6.07) is 2.74. The van der Waals surface area contributed by atoms with E-state index in [-0.39, 0.29) is 5.69 Å². The fourth-order valence-electron chi connectivity index (χ4n) is 1.24. The number of rotatable bonds is 5. The van der Waals surface area contributed by atoms with Crippen LogP contribution >= 0.6 is 0 Å². The lowest BCUT2D eigenvalue weighted by atomic mass is 10.3. The normalized spacial score (nSPS) is 11.0. The van der Waals surface area contributed by atoms with Crippen molar-refractivity contribution in [2.45, 2.75) is 20.0 Å². The number of phenols is 1. The van der Waals surface area contributed by atoms with Gasteiger partial charge < -0.3 is 9.84 Å². The number of carbonyl (C=O) groups excluding carboxylic acids is 1. The number of nitrogens with one attached hydrogen (secondary N) is 2. The number of hydrogen-bond acceptors (Lipinski definition) is 7. The van der Waals surface area contributed by atoms with Crippen LogP contribution in [0, 0.1) is 10.1 Å². The fraction of sp³-hybridized carbons (Fsp3) is 0.300. The van der Waals surface area contributed by atoms with Crippen molar-refractivity contribution < 1.29 is 28.0 Å². The zero-order valence-electron chi connectivity index (χ0n) is 11.1. The van der Waals surface area contributed by atoms with Crippen LogP contribution in [0.15, 0.2) is 18.2 Å². The maximum absolute atomic E-state index is 11.6. The predicted octanol–water partition coefficient (Wildman–Crippen LogP) is 1.09. The highest BCUT2D eigenvalue weighted by Crippen LogP contribution is 2.28. The van der Waals surface area contributed by atoms with Crippen molar-refractivity contribution in [3.8, 4) is 5.75 Å². The second-order valence-electron chi connectivity index (χ2n) is 4.12. The number of aromatic hydroxyl groups is 1. The van der Waals surface area contributed by atoms with Gasteiger partial charge in [-0.3, -0.25) is 14.8 Å². The summed E-state index contributed by atoms with van der Waals surface area (Å²) >= 11 is 0. The van der Waals surface area contributed by atoms with Gasteiger partial charge in [0.05, 0.1) is 22.8 Å². The number of nitro groups is 1. The quantitative estimate of drug-likeness (QED) is 0.418. The number of amides is 1. The van der Waals surface area contributed by atoms with Crippen LogP contribution in [0.3, 0.4) is 0 Å². The van der Waals surface area contributed by atoms with Gasteiger partial charge in [-0.05, 0) is 19.9 Å². The van der Waals surface area contributed by atoms with E-state index >= 15 is 0 Å². The third kappa shape index (κ3) is 5.14. The van der Waals surface area contributed by atoms with Crippen molar-refractivity contribution in [3.63, 3.8) is 0 Å². The molecule has 1 aromatic rings. The molecule has 10 nitrogen and oxygen atoms in total. The molecular formula is C10H13N3O7S. The molecule has 0 radical (unpaired) electrons. The van der Waals surface area contributed by atoms with Crippen molar-refractivity contribution in [3.05, 3.63) is 28.3 Å². The zero-order valence-corrected chi connectivity index (χ0v) is 11.9. The molecule has 11 heteroatoms. The molecule has 116 valence electrons. The Bertz CT molecular complexity index is 657. The van der Waals surface area contributed by atoms with Gasteiger partial charge in [-0.1, -0.05) is 0 Å². The molecule has 0 aliphatic carbocycles. The van der Waals surface area contributed by atoms with Crippen LogP contribution in [0.5, 0.6) is 5.75 Å². The summed E-state index contributed by atoms with van der Waals surface area (Å²) in [5, 5.41) is 20.0. The van der Waals surface area contributed by atoms with E-state index in [1.165, 1.54) is 13.8 Å². The van der Waals surface area contributed by atoms with E-state index in [0.29, 0.717) is 0 Å². The highest BCUT2D eigenvalue weighted by molar-refractivity contribution is 7.91. The summed E-state index contributed by atoms with van der Waals surface area (Å²) in [6.45, 7) is 3.06. The Balaban J connectivity index is 2.85. The lowest BCUT2D eigenvalue weighted by Crippen LogP contribution is -2.36. The minimum Gasteiger partial charge on any atom is -0.505 e. The molecule has 0 bridgehead atoms. The van der Waals surface area contributed by atoms with Crippen molar-refractivity contribution >= 4 is 27.7 Å². The molecule has 0 aliphatic rings. The molecule has 3 N–H and O–H groups in total. The number of hydrogen-bond donors (Lipinski definition) is 3. The summed E-state index contributed by atoms with van der Waals surface area (Å²) in [6.07, 6.45) is -1.72. The highest BCUT2D eigenvalue weighted by Gasteiger charge is 2.19. The number of nitro benzene ring substituents is 1. The van der Waals surface area contributed by atoms with Gasteiger partial charge in [0.15, 0.2) is 0 Å². The Hall–Kier alpha value is -2.56. The summed E-state index contributed by atoms with van der Waals surface area (Å²) in [7, 11) is -4.34. The molecule has 0 unspecified atom stereocenters. The van der Waals surface area contributed by atoms with Gasteiger partial charge in [-0.25, -0.2) is 9.52 Å². The molecule has 1 amide bonds. The van der Waals surface area contributed by atoms with Crippen LogP contribution in [0.25, 0.3) is 0 Å². The third-order valence-corrected chi connectivity index (χ3v) is 2.92. The van der Waals surface area contributed by atoms with E-state index in [0.717, 1.165) is 18.2 Å². The molecule has 21 heavy (non-hydrogen) atoms. The molecule has 0 fully saturated rings. The maximum Gasteiger partial charge on any atom is 0.422 e. The Morgan fingerprint density at radius 2 is 2.05 bits per heavy atom. The molecule has 0 saturated heterocycles. The number of carbonyl (C=O) groups is 1. The largest absolute Gasteiger partial charge is 0.505 e. The van der Waals surface area contributed by atoms with Gasteiger partial charge in [-0.2, -0.15) is 8.42 Å². The Labute approximate surface area is 120 Å². The zero-order chi connectivity index (χ0) is 16.2. The van der Waals surface area contributed by atoms with Crippen LogP contribution in [0.2, 0.25) is 0 Å². The van der Waals surface area contributed by atoms with Crippen LogP contribution in [-0.2, 0) is 14.9 Å². The second-order valence-corrected chi connectivity index (χ2v) is 5.54. The minimum absolute atomic E-state index is 0.328. The first-order chi connectivity index (χ1) is 9.60. The summed E-state index contributed by atoms with van der Waals surface area (Å²) in [4.78, 5) is 20.9. The van der Waals surface area contributed by atoms with E-state index in [2.05, 4.69) is 4.74 Å². The van der Waals surface area contributed by atoms with Gasteiger partial charge in [-0.15, -0.1) is 0 Å². The van der Waals surface area contributed by atoms with E-state index in [1.54, 1.807) is 4.72 Å². The van der Waals surface area contributed by atoms with Crippen LogP contribution in [0.1, 0.15) is 13.8 Å². The van der Waals surface area contributed by atoms with Gasteiger partial charge in [0, 0.05) is 6.07 Å². The van der Waals surface area contributed by atoms with Gasteiger partial charge >= 0.3 is 16.3 Å². The van der Waals surface area contributed by atoms with Crippen LogP contribution in [-0.4, -0.2) is 30.6 Å². The van der Waals surface area contributed by atoms with E-state index in [9.17, 15) is 28.4 Å². The summed E-state index contributed by atoms with van der Waals surface area (Å²) in [5.74, 6) is -0.660. The van der Waals surface area contributed by atoms with Crippen molar-refractivity contribution in [2.24, 2.45) is 0 Å². The Morgan fingerprint density at radius 3 is 2.52 bits per heavy atom. The Morgan fingerprint density at radius 1 is 1.43 bits per heavy atom. The number of ether oxygens (including phenoxy) is 1. The van der Waals surface area contributed by atoms with Crippen molar-refractivity contribution in [1.29, 1.82) is 0 Å². The first-order valence-corrected chi connectivity index (χ1v) is 7.07. The molecule has 1 aromatic carbocycles. The number of phenolic OH excluding ortho intramolecular Hbond substituents is 1. The van der Waals surface area contributed by atoms with Crippen LogP contribution < -0.4 is 9.44 Å². The van der Waals surface area contributed by atoms with Crippen molar-refractivity contribution in [2.75, 3.05) is 4.72 Å². The lowest BCUT2D eigenvalue weighted by Gasteiger charge is -2.12. The lowest BCUT2D eigenvalue weighted by molar-refractivity contribution is -0.384. The molecule has 0 aliphatic heterocycles. The monoisotopic (exact) mass is 319 g/mol. The average Bonchev–Trinajstić information content (AvgIpc) is 2.29. The molecule has 0 spiro atoms. The van der Waals surface area contributed by atoms with E-state index in [4.69, 9.17) is 0 Å². The maximum atomic E-state index is 11.6. The smallest absolute Gasteiger partial charge is 0.422 e. The fourth-order valence-corrected chi connectivity index (χ4v) is 2.02. The first-order valence-electron chi connectivity index (χ1n) is 5.59. The molecule has 0 aromatic heterocycles. The van der Waals surface area contributed by atoms with E-state index in [1.807, 2.05) is 4.72 Å². The number of benzene rings is 1. The molecular weight excluding hydrogens is 306 g/mol. The molecule has 0 atom stereocenters. The second kappa shape index (κ2) is 6.26. The topological polar surface area (TPSA) is 148 Å². The van der Waals surface area contributed by atoms with E-state index < -0.39 is 38.8 Å². The standard InChI is InChI=1S/C10H13N3O7S/c1-6(2)20-10(15)12-21(18,19)11-8-4-3-7(13(16)17)5-9(8)14/h3-6,11,14H,1-2H3,(H,12,15). The van der Waals surface area contributed by atoms with Gasteiger partial charge in [0.1, 0.15) is 5.75 Å². The number of anilines is 1. The minimum atomic E-state index is -4.34. The highest BCUT2D eigenvalue weighted by atomic mass is 32.2. The average molecular weight is 319 g/mol. The van der Waals surface area contributed by atoms with Gasteiger partial charge in [0.2, 0.25) is 0 Å². The SMILES string of the molecule is CC(C)OC(=O)NS(=O)(=O)Nc1ccc([N+](=O)[O-])cc1O. The van der Waals surface area contributed by atoms with Gasteiger partial charge in [0.25, 0.3) is 5.69 Å². The number of non-ortho nitro benzene ring substituents is 1. The molecule has 0 heterocycles. The van der Waals surface area contributed by atoms with Crippen molar-refractivity contribution in [1.82, 2.24) is 4.72 Å². The first kappa shape index (κ1) is 16.5. The summed E-state index contributed by atoms with van der Waals surface area (Å²) < 4.78 is 31.2. The Kier molecular flexibility index (Phi) is 4.92. The predicted molar refractivity (Wildman–Crippen MR) is 72.1 cm³/mol.